The molecule has 0 saturated carbocycles. The molecule has 2 heterocycles. The molecule has 3 aromatic rings. The molecule has 0 radical (unpaired) electrons. The van der Waals surface area contributed by atoms with E-state index in [2.05, 4.69) is 24.1 Å². The van der Waals surface area contributed by atoms with E-state index in [1.807, 2.05) is 42.5 Å². The maximum absolute atomic E-state index is 13.6. The van der Waals surface area contributed by atoms with Gasteiger partial charge in [0.05, 0.1) is 6.04 Å². The van der Waals surface area contributed by atoms with E-state index in [0.29, 0.717) is 5.56 Å². The third kappa shape index (κ3) is 4.11. The molecule has 1 fully saturated rings. The molecule has 1 aliphatic heterocycles. The highest BCUT2D eigenvalue weighted by Gasteiger charge is 2.31. The third-order valence-electron chi connectivity index (χ3n) is 5.66. The summed E-state index contributed by atoms with van der Waals surface area (Å²) in [6, 6.07) is 16.1. The average Bonchev–Trinajstić information content (AvgIpc) is 3.35. The van der Waals surface area contributed by atoms with Crippen LogP contribution in [0.2, 0.25) is 0 Å². The first-order valence-corrected chi connectivity index (χ1v) is 10.8. The predicted octanol–water partition coefficient (Wildman–Crippen LogP) is 5.94. The fourth-order valence-corrected chi connectivity index (χ4v) is 5.12. The zero-order valence-corrected chi connectivity index (χ0v) is 17.6. The molecule has 5 heteroatoms. The molecule has 1 N–H and O–H groups in total. The van der Waals surface area contributed by atoms with Gasteiger partial charge < -0.3 is 5.32 Å². The number of rotatable bonds is 5. The van der Waals surface area contributed by atoms with Gasteiger partial charge in [-0.2, -0.15) is 0 Å². The molecular formula is C24H25FN2OS. The lowest BCUT2D eigenvalue weighted by atomic mass is 9.95. The van der Waals surface area contributed by atoms with Gasteiger partial charge in [-0.25, -0.2) is 4.39 Å². The Kier molecular flexibility index (Phi) is 5.79. The van der Waals surface area contributed by atoms with Crippen molar-refractivity contribution in [1.82, 2.24) is 4.90 Å². The van der Waals surface area contributed by atoms with Gasteiger partial charge in [0, 0.05) is 16.0 Å². The van der Waals surface area contributed by atoms with Gasteiger partial charge >= 0.3 is 0 Å². The quantitative estimate of drug-likeness (QED) is 0.566. The highest BCUT2D eigenvalue weighted by molar-refractivity contribution is 7.16. The summed E-state index contributed by atoms with van der Waals surface area (Å²) in [4.78, 5) is 16.5. The number of benzene rings is 2. The van der Waals surface area contributed by atoms with Crippen LogP contribution >= 0.6 is 11.3 Å². The summed E-state index contributed by atoms with van der Waals surface area (Å²) in [5.41, 5.74) is 4.02. The number of amides is 1. The highest BCUT2D eigenvalue weighted by atomic mass is 32.1. The molecule has 150 valence electrons. The number of thiophene rings is 1. The second kappa shape index (κ2) is 8.47. The molecule has 1 unspecified atom stereocenters. The minimum absolute atomic E-state index is 0.00845. The molecule has 0 aliphatic carbocycles. The van der Waals surface area contributed by atoms with E-state index >= 15 is 0 Å². The fourth-order valence-electron chi connectivity index (χ4n) is 4.04. The topological polar surface area (TPSA) is 32.3 Å². The molecule has 4 rings (SSSR count). The summed E-state index contributed by atoms with van der Waals surface area (Å²) in [5.74, 6) is -0.336. The summed E-state index contributed by atoms with van der Waals surface area (Å²) < 4.78 is 13.6. The SMILES string of the molecule is Cc1sc(NC(=O)c2ccccc2)c(C(c2ccc(F)cc2)N2CCCC2)c1C. The summed E-state index contributed by atoms with van der Waals surface area (Å²) >= 11 is 1.62. The zero-order valence-electron chi connectivity index (χ0n) is 16.7. The van der Waals surface area contributed by atoms with E-state index in [4.69, 9.17) is 0 Å². The normalized spacial score (nSPS) is 15.4. The summed E-state index contributed by atoms with van der Waals surface area (Å²) in [5, 5.41) is 4.04. The molecular weight excluding hydrogens is 383 g/mol. The van der Waals surface area contributed by atoms with Crippen LogP contribution in [0, 0.1) is 19.7 Å². The third-order valence-corrected chi connectivity index (χ3v) is 6.80. The first-order valence-electron chi connectivity index (χ1n) is 10.0. The molecule has 1 aliphatic rings. The van der Waals surface area contributed by atoms with Crippen molar-refractivity contribution < 1.29 is 9.18 Å². The standard InChI is InChI=1S/C24H25FN2OS/c1-16-17(2)29-24(26-23(28)19-8-4-3-5-9-19)21(16)22(27-14-6-7-15-27)18-10-12-20(25)13-11-18/h3-5,8-13,22H,6-7,14-15H2,1-2H3,(H,26,28). The van der Waals surface area contributed by atoms with Crippen LogP contribution in [0.25, 0.3) is 0 Å². The zero-order chi connectivity index (χ0) is 20.4. The molecule has 1 saturated heterocycles. The van der Waals surface area contributed by atoms with Crippen molar-refractivity contribution >= 4 is 22.2 Å². The van der Waals surface area contributed by atoms with E-state index in [0.717, 1.165) is 42.1 Å². The van der Waals surface area contributed by atoms with Crippen molar-refractivity contribution in [3.63, 3.8) is 0 Å². The Balaban J connectivity index is 1.76. The number of carbonyl (C=O) groups is 1. The van der Waals surface area contributed by atoms with Gasteiger partial charge in [0.25, 0.3) is 5.91 Å². The molecule has 2 aromatic carbocycles. The molecule has 0 bridgehead atoms. The molecule has 1 amide bonds. The number of halogens is 1. The Labute approximate surface area is 175 Å². The first kappa shape index (κ1) is 19.8. The molecule has 29 heavy (non-hydrogen) atoms. The Bertz CT molecular complexity index is 992. The Morgan fingerprint density at radius 1 is 1.03 bits per heavy atom. The lowest BCUT2D eigenvalue weighted by Crippen LogP contribution is -2.28. The van der Waals surface area contributed by atoms with Crippen LogP contribution in [0.3, 0.4) is 0 Å². The number of anilines is 1. The van der Waals surface area contributed by atoms with Gasteiger partial charge in [-0.3, -0.25) is 9.69 Å². The number of nitrogens with zero attached hydrogens (tertiary/aromatic N) is 1. The highest BCUT2D eigenvalue weighted by Crippen LogP contribution is 2.43. The number of likely N-dealkylation sites (tertiary alicyclic amines) is 1. The van der Waals surface area contributed by atoms with Crippen LogP contribution in [-0.2, 0) is 0 Å². The predicted molar refractivity (Wildman–Crippen MR) is 117 cm³/mol. The lowest BCUT2D eigenvalue weighted by Gasteiger charge is -2.29. The molecule has 1 aromatic heterocycles. The summed E-state index contributed by atoms with van der Waals surface area (Å²) in [7, 11) is 0. The van der Waals surface area contributed by atoms with Crippen molar-refractivity contribution in [2.75, 3.05) is 18.4 Å². The van der Waals surface area contributed by atoms with Gasteiger partial charge in [0.1, 0.15) is 10.8 Å². The summed E-state index contributed by atoms with van der Waals surface area (Å²) in [6.07, 6.45) is 2.32. The van der Waals surface area contributed by atoms with Gasteiger partial charge in [0.2, 0.25) is 0 Å². The van der Waals surface area contributed by atoms with E-state index in [-0.39, 0.29) is 17.8 Å². The lowest BCUT2D eigenvalue weighted by molar-refractivity contribution is 0.102. The van der Waals surface area contributed by atoms with Crippen molar-refractivity contribution in [1.29, 1.82) is 0 Å². The van der Waals surface area contributed by atoms with E-state index in [9.17, 15) is 9.18 Å². The van der Waals surface area contributed by atoms with Crippen molar-refractivity contribution in [3.05, 3.63) is 87.5 Å². The molecule has 3 nitrogen and oxygen atoms in total. The van der Waals surface area contributed by atoms with E-state index in [1.54, 1.807) is 11.3 Å². The number of hydrogen-bond donors (Lipinski definition) is 1. The van der Waals surface area contributed by atoms with Gasteiger partial charge in [-0.15, -0.1) is 11.3 Å². The van der Waals surface area contributed by atoms with Crippen LogP contribution in [0.4, 0.5) is 9.39 Å². The largest absolute Gasteiger partial charge is 0.313 e. The van der Waals surface area contributed by atoms with Crippen LogP contribution < -0.4 is 5.32 Å². The fraction of sp³-hybridized carbons (Fsp3) is 0.292. The Hall–Kier alpha value is -2.50. The van der Waals surface area contributed by atoms with Crippen LogP contribution in [-0.4, -0.2) is 23.9 Å². The van der Waals surface area contributed by atoms with Crippen LogP contribution in [0.1, 0.15) is 50.8 Å². The number of carbonyl (C=O) groups excluding carboxylic acids is 1. The van der Waals surface area contributed by atoms with Gasteiger partial charge in [0.15, 0.2) is 0 Å². The van der Waals surface area contributed by atoms with Crippen molar-refractivity contribution in [2.45, 2.75) is 32.7 Å². The Morgan fingerprint density at radius 2 is 1.69 bits per heavy atom. The molecule has 0 spiro atoms. The van der Waals surface area contributed by atoms with Gasteiger partial charge in [-0.05, 0) is 75.2 Å². The average molecular weight is 409 g/mol. The minimum Gasteiger partial charge on any atom is -0.313 e. The number of aryl methyl sites for hydroxylation is 1. The van der Waals surface area contributed by atoms with E-state index < -0.39 is 0 Å². The van der Waals surface area contributed by atoms with Crippen molar-refractivity contribution in [2.24, 2.45) is 0 Å². The first-order chi connectivity index (χ1) is 14.0. The second-order valence-electron chi connectivity index (χ2n) is 7.54. The maximum Gasteiger partial charge on any atom is 0.256 e. The van der Waals surface area contributed by atoms with E-state index in [1.165, 1.54) is 22.6 Å². The number of nitrogens with one attached hydrogen (secondary N) is 1. The molecule has 1 atom stereocenters. The second-order valence-corrected chi connectivity index (χ2v) is 8.77. The minimum atomic E-state index is -0.232. The monoisotopic (exact) mass is 408 g/mol. The van der Waals surface area contributed by atoms with Gasteiger partial charge in [-0.1, -0.05) is 30.3 Å². The Morgan fingerprint density at radius 3 is 2.34 bits per heavy atom. The number of hydrogen-bond acceptors (Lipinski definition) is 3. The smallest absolute Gasteiger partial charge is 0.256 e. The van der Waals surface area contributed by atoms with Crippen LogP contribution in [0.5, 0.6) is 0 Å². The van der Waals surface area contributed by atoms with Crippen molar-refractivity contribution in [3.8, 4) is 0 Å². The van der Waals surface area contributed by atoms with Crippen LogP contribution in [0.15, 0.2) is 54.6 Å². The summed E-state index contributed by atoms with van der Waals surface area (Å²) in [6.45, 7) is 6.21. The maximum atomic E-state index is 13.6.